The lowest BCUT2D eigenvalue weighted by Crippen LogP contribution is -2.33. The number of carbonyl (C=O) groups is 2. The molecule has 2 unspecified atom stereocenters. The third kappa shape index (κ3) is 2.37. The second kappa shape index (κ2) is 5.79. The summed E-state index contributed by atoms with van der Waals surface area (Å²) in [5, 5.41) is 0.393. The first-order chi connectivity index (χ1) is 11.6. The minimum absolute atomic E-state index is 0.228. The van der Waals surface area contributed by atoms with E-state index < -0.39 is 11.9 Å². The summed E-state index contributed by atoms with van der Waals surface area (Å²) in [5.74, 6) is -0.140. The Bertz CT molecular complexity index is 812. The third-order valence-corrected chi connectivity index (χ3v) is 5.73. The number of fused-ring (bicyclic) bond motifs is 1. The zero-order chi connectivity index (χ0) is 16.8. The fraction of sp³-hybridized carbons (Fsp3) is 0.176. The van der Waals surface area contributed by atoms with Gasteiger partial charge in [-0.1, -0.05) is 23.7 Å². The van der Waals surface area contributed by atoms with Gasteiger partial charge in [-0.15, -0.1) is 11.8 Å². The number of thioether (sulfide) groups is 1. The highest BCUT2D eigenvalue weighted by Gasteiger charge is 2.53. The molecule has 0 saturated carbocycles. The Kier molecular flexibility index (Phi) is 3.73. The molecule has 24 heavy (non-hydrogen) atoms. The molecule has 0 aliphatic carbocycles. The largest absolute Gasteiger partial charge is 0.333 e. The maximum atomic E-state index is 13.1. The highest BCUT2D eigenvalue weighted by atomic mass is 35.5. The SMILES string of the molecule is O=C1C2CSC(c3ccc(Cl)cc3)N2C(=O)N1c1ccc(F)cc1. The zero-order valence-corrected chi connectivity index (χ0v) is 13.9. The van der Waals surface area contributed by atoms with E-state index in [-0.39, 0.29) is 17.3 Å². The topological polar surface area (TPSA) is 40.6 Å². The van der Waals surface area contributed by atoms with Gasteiger partial charge in [0.2, 0.25) is 0 Å². The molecule has 4 nitrogen and oxygen atoms in total. The second-order valence-corrected chi connectivity index (χ2v) is 7.14. The van der Waals surface area contributed by atoms with Gasteiger partial charge in [0.15, 0.2) is 0 Å². The van der Waals surface area contributed by atoms with Crippen LogP contribution in [-0.2, 0) is 4.79 Å². The van der Waals surface area contributed by atoms with Gasteiger partial charge in [0.25, 0.3) is 5.91 Å². The molecule has 7 heteroatoms. The Morgan fingerprint density at radius 2 is 1.71 bits per heavy atom. The van der Waals surface area contributed by atoms with Crippen LogP contribution in [0.5, 0.6) is 0 Å². The van der Waals surface area contributed by atoms with Crippen molar-refractivity contribution in [2.45, 2.75) is 11.4 Å². The number of nitrogens with zero attached hydrogens (tertiary/aromatic N) is 2. The van der Waals surface area contributed by atoms with E-state index >= 15 is 0 Å². The lowest BCUT2D eigenvalue weighted by Gasteiger charge is -2.23. The van der Waals surface area contributed by atoms with E-state index in [2.05, 4.69) is 0 Å². The van der Waals surface area contributed by atoms with Crippen LogP contribution in [0.25, 0.3) is 0 Å². The third-order valence-electron chi connectivity index (χ3n) is 4.16. The summed E-state index contributed by atoms with van der Waals surface area (Å²) in [6.45, 7) is 0. The summed E-state index contributed by atoms with van der Waals surface area (Å²) in [6.07, 6.45) is 0. The number of hydrogen-bond donors (Lipinski definition) is 0. The van der Waals surface area contributed by atoms with Crippen molar-refractivity contribution in [3.05, 3.63) is 64.9 Å². The van der Waals surface area contributed by atoms with Crippen LogP contribution in [0.1, 0.15) is 10.9 Å². The van der Waals surface area contributed by atoms with Crippen molar-refractivity contribution in [3.63, 3.8) is 0 Å². The van der Waals surface area contributed by atoms with Crippen LogP contribution in [0.4, 0.5) is 14.9 Å². The van der Waals surface area contributed by atoms with Crippen LogP contribution in [0.15, 0.2) is 48.5 Å². The fourth-order valence-electron chi connectivity index (χ4n) is 3.00. The minimum Gasteiger partial charge on any atom is -0.295 e. The lowest BCUT2D eigenvalue weighted by atomic mass is 10.2. The van der Waals surface area contributed by atoms with Gasteiger partial charge in [-0.2, -0.15) is 0 Å². The molecule has 122 valence electrons. The smallest absolute Gasteiger partial charge is 0.295 e. The van der Waals surface area contributed by atoms with Gasteiger partial charge in [-0.3, -0.25) is 9.69 Å². The number of urea groups is 1. The van der Waals surface area contributed by atoms with Crippen LogP contribution >= 0.6 is 23.4 Å². The Morgan fingerprint density at radius 3 is 2.38 bits per heavy atom. The highest BCUT2D eigenvalue weighted by Crippen LogP contribution is 2.46. The molecule has 0 radical (unpaired) electrons. The number of carbonyl (C=O) groups excluding carboxylic acids is 2. The summed E-state index contributed by atoms with van der Waals surface area (Å²) in [5.41, 5.74) is 1.31. The van der Waals surface area contributed by atoms with E-state index in [4.69, 9.17) is 11.6 Å². The molecule has 0 aromatic heterocycles. The monoisotopic (exact) mass is 362 g/mol. The number of rotatable bonds is 2. The van der Waals surface area contributed by atoms with Gasteiger partial charge in [0, 0.05) is 10.8 Å². The van der Waals surface area contributed by atoms with Gasteiger partial charge >= 0.3 is 6.03 Å². The van der Waals surface area contributed by atoms with Crippen LogP contribution < -0.4 is 4.90 Å². The van der Waals surface area contributed by atoms with Crippen molar-refractivity contribution in [2.24, 2.45) is 0 Å². The Labute approximate surface area is 147 Å². The highest BCUT2D eigenvalue weighted by molar-refractivity contribution is 7.99. The molecular formula is C17H12ClFN2O2S. The van der Waals surface area contributed by atoms with E-state index in [9.17, 15) is 14.0 Å². The van der Waals surface area contributed by atoms with Crippen molar-refractivity contribution in [1.82, 2.24) is 4.90 Å². The van der Waals surface area contributed by atoms with E-state index in [0.717, 1.165) is 10.5 Å². The molecule has 2 aromatic rings. The molecule has 2 aliphatic heterocycles. The van der Waals surface area contributed by atoms with E-state index in [1.54, 1.807) is 28.8 Å². The number of benzene rings is 2. The van der Waals surface area contributed by atoms with Crippen molar-refractivity contribution in [2.75, 3.05) is 10.7 Å². The molecule has 0 bridgehead atoms. The molecule has 2 saturated heterocycles. The van der Waals surface area contributed by atoms with Gasteiger partial charge in [0.05, 0.1) is 5.69 Å². The molecule has 0 spiro atoms. The van der Waals surface area contributed by atoms with Crippen molar-refractivity contribution >= 4 is 41.0 Å². The summed E-state index contributed by atoms with van der Waals surface area (Å²) < 4.78 is 13.1. The molecule has 2 aliphatic rings. The van der Waals surface area contributed by atoms with Crippen molar-refractivity contribution in [3.8, 4) is 0 Å². The predicted octanol–water partition coefficient (Wildman–Crippen LogP) is 4.06. The zero-order valence-electron chi connectivity index (χ0n) is 12.4. The molecule has 2 atom stereocenters. The average molecular weight is 363 g/mol. The Balaban J connectivity index is 1.67. The maximum absolute atomic E-state index is 13.1. The summed E-state index contributed by atoms with van der Waals surface area (Å²) in [6, 6.07) is 11.8. The normalized spacial score (nSPS) is 23.1. The van der Waals surface area contributed by atoms with Gasteiger partial charge < -0.3 is 0 Å². The van der Waals surface area contributed by atoms with E-state index in [0.29, 0.717) is 16.5 Å². The van der Waals surface area contributed by atoms with Crippen LogP contribution in [0.3, 0.4) is 0 Å². The summed E-state index contributed by atoms with van der Waals surface area (Å²) >= 11 is 7.47. The minimum atomic E-state index is -0.492. The summed E-state index contributed by atoms with van der Waals surface area (Å²) in [7, 11) is 0. The van der Waals surface area contributed by atoms with Gasteiger partial charge in [-0.05, 0) is 42.0 Å². The quantitative estimate of drug-likeness (QED) is 0.756. The molecular weight excluding hydrogens is 351 g/mol. The maximum Gasteiger partial charge on any atom is 0.333 e. The Hall–Kier alpha value is -2.05. The first-order valence-corrected chi connectivity index (χ1v) is 8.78. The second-order valence-electron chi connectivity index (χ2n) is 5.59. The number of amides is 3. The predicted molar refractivity (Wildman–Crippen MR) is 91.6 cm³/mol. The average Bonchev–Trinajstić information content (AvgIpc) is 3.11. The first-order valence-electron chi connectivity index (χ1n) is 7.35. The number of hydrogen-bond acceptors (Lipinski definition) is 3. The number of imide groups is 1. The van der Waals surface area contributed by atoms with Crippen LogP contribution in [0.2, 0.25) is 5.02 Å². The molecule has 4 rings (SSSR count). The van der Waals surface area contributed by atoms with Crippen LogP contribution in [0, 0.1) is 5.82 Å². The van der Waals surface area contributed by atoms with Crippen molar-refractivity contribution in [1.29, 1.82) is 0 Å². The Morgan fingerprint density at radius 1 is 1.04 bits per heavy atom. The number of halogens is 2. The van der Waals surface area contributed by atoms with Crippen LogP contribution in [-0.4, -0.2) is 28.6 Å². The van der Waals surface area contributed by atoms with Gasteiger partial charge in [-0.25, -0.2) is 14.1 Å². The van der Waals surface area contributed by atoms with E-state index in [1.807, 2.05) is 12.1 Å². The van der Waals surface area contributed by atoms with E-state index in [1.165, 1.54) is 24.3 Å². The lowest BCUT2D eigenvalue weighted by molar-refractivity contribution is -0.119. The molecule has 2 fully saturated rings. The standard InChI is InChI=1S/C17H12ClFN2O2S/c18-11-3-1-10(2-4-11)16-21-14(9-24-16)15(22)20(17(21)23)13-7-5-12(19)6-8-13/h1-8,14,16H,9H2. The van der Waals surface area contributed by atoms with Gasteiger partial charge in [0.1, 0.15) is 17.2 Å². The molecule has 2 heterocycles. The first kappa shape index (κ1) is 15.5. The fourth-order valence-corrected chi connectivity index (χ4v) is 4.54. The molecule has 0 N–H and O–H groups in total. The summed E-state index contributed by atoms with van der Waals surface area (Å²) in [4.78, 5) is 28.2. The molecule has 3 amide bonds. The van der Waals surface area contributed by atoms with Crippen molar-refractivity contribution < 1.29 is 14.0 Å². The molecule has 2 aromatic carbocycles. The number of anilines is 1.